The Morgan fingerprint density at radius 1 is 1.41 bits per heavy atom. The van der Waals surface area contributed by atoms with Crippen molar-refractivity contribution in [2.24, 2.45) is 0 Å². The molecule has 1 aromatic rings. The Morgan fingerprint density at radius 2 is 2.06 bits per heavy atom. The van der Waals surface area contributed by atoms with E-state index in [-0.39, 0.29) is 24.0 Å². The molecular weight excluding hydrogens is 214 g/mol. The first-order chi connectivity index (χ1) is 8.19. The van der Waals surface area contributed by atoms with Crippen molar-refractivity contribution in [1.82, 2.24) is 5.32 Å². The van der Waals surface area contributed by atoms with Crippen molar-refractivity contribution >= 4 is 5.91 Å². The fourth-order valence-electron chi connectivity index (χ4n) is 2.34. The number of carbonyl (C=O) groups excluding carboxylic acids is 1. The summed E-state index contributed by atoms with van der Waals surface area (Å²) in [5.74, 6) is 0.0523. The number of benzene rings is 1. The third-order valence-electron chi connectivity index (χ3n) is 3.62. The number of hydrogen-bond acceptors (Lipinski definition) is 2. The van der Waals surface area contributed by atoms with Crippen molar-refractivity contribution in [3.05, 3.63) is 35.9 Å². The molecule has 0 bridgehead atoms. The molecule has 0 unspecified atom stereocenters. The summed E-state index contributed by atoms with van der Waals surface area (Å²) >= 11 is 0. The van der Waals surface area contributed by atoms with E-state index in [1.54, 1.807) is 0 Å². The molecule has 1 fully saturated rings. The van der Waals surface area contributed by atoms with Gasteiger partial charge in [-0.25, -0.2) is 0 Å². The number of nitrogens with one attached hydrogen (secondary N) is 1. The van der Waals surface area contributed by atoms with Crippen LogP contribution in [0, 0.1) is 0 Å². The molecule has 1 aliphatic rings. The smallest absolute Gasteiger partial charge is 0.230 e. The van der Waals surface area contributed by atoms with E-state index in [0.29, 0.717) is 0 Å². The summed E-state index contributed by atoms with van der Waals surface area (Å²) in [5.41, 5.74) is 0.735. The van der Waals surface area contributed by atoms with Gasteiger partial charge < -0.3 is 10.4 Å². The van der Waals surface area contributed by atoms with Crippen LogP contribution >= 0.6 is 0 Å². The van der Waals surface area contributed by atoms with Crippen LogP contribution in [-0.4, -0.2) is 23.7 Å². The summed E-state index contributed by atoms with van der Waals surface area (Å²) in [5, 5.41) is 11.9. The normalized spacial score (nSPS) is 19.2. The molecule has 1 aliphatic carbocycles. The molecule has 1 aromatic carbocycles. The number of aliphatic hydroxyl groups excluding tert-OH is 1. The third kappa shape index (κ3) is 2.20. The second-order valence-electron chi connectivity index (χ2n) is 4.86. The summed E-state index contributed by atoms with van der Waals surface area (Å²) < 4.78 is 0. The molecule has 1 atom stereocenters. The van der Waals surface area contributed by atoms with E-state index >= 15 is 0 Å². The standard InChI is InChI=1S/C14H19NO2/c1-11(10-16)15-13(17)14(8-5-9-14)12-6-3-2-4-7-12/h2-4,6-7,11,16H,5,8-10H2,1H3,(H,15,17)/t11-/m0/s1. The first kappa shape index (κ1) is 12.1. The van der Waals surface area contributed by atoms with Crippen molar-refractivity contribution < 1.29 is 9.90 Å². The lowest BCUT2D eigenvalue weighted by molar-refractivity contribution is -0.130. The van der Waals surface area contributed by atoms with Gasteiger partial charge in [-0.2, -0.15) is 0 Å². The third-order valence-corrected chi connectivity index (χ3v) is 3.62. The summed E-state index contributed by atoms with van der Waals surface area (Å²) in [6, 6.07) is 9.76. The molecule has 1 saturated carbocycles. The molecule has 0 spiro atoms. The highest BCUT2D eigenvalue weighted by Crippen LogP contribution is 2.43. The molecule has 1 amide bonds. The Kier molecular flexibility index (Phi) is 3.48. The maximum absolute atomic E-state index is 12.3. The van der Waals surface area contributed by atoms with Gasteiger partial charge >= 0.3 is 0 Å². The Balaban J connectivity index is 2.18. The van der Waals surface area contributed by atoms with Gasteiger partial charge in [-0.15, -0.1) is 0 Å². The van der Waals surface area contributed by atoms with Crippen molar-refractivity contribution in [3.63, 3.8) is 0 Å². The Labute approximate surface area is 102 Å². The van der Waals surface area contributed by atoms with Crippen LogP contribution in [0.5, 0.6) is 0 Å². The number of amides is 1. The van der Waals surface area contributed by atoms with Gasteiger partial charge in [-0.1, -0.05) is 36.8 Å². The molecule has 0 heterocycles. The monoisotopic (exact) mass is 233 g/mol. The molecule has 0 aliphatic heterocycles. The largest absolute Gasteiger partial charge is 0.394 e. The van der Waals surface area contributed by atoms with E-state index in [4.69, 9.17) is 5.11 Å². The minimum absolute atomic E-state index is 0.0173. The zero-order valence-corrected chi connectivity index (χ0v) is 10.1. The molecule has 2 N–H and O–H groups in total. The Hall–Kier alpha value is -1.35. The summed E-state index contributed by atoms with van der Waals surface area (Å²) in [6.07, 6.45) is 2.90. The quantitative estimate of drug-likeness (QED) is 0.830. The maximum atomic E-state index is 12.3. The van der Waals surface area contributed by atoms with E-state index in [0.717, 1.165) is 24.8 Å². The molecule has 92 valence electrons. The molecule has 3 heteroatoms. The molecule has 3 nitrogen and oxygen atoms in total. The summed E-state index contributed by atoms with van der Waals surface area (Å²) in [6.45, 7) is 1.80. The minimum Gasteiger partial charge on any atom is -0.394 e. The predicted octanol–water partition coefficient (Wildman–Crippen LogP) is 1.61. The second kappa shape index (κ2) is 4.88. The average molecular weight is 233 g/mol. The lowest BCUT2D eigenvalue weighted by Gasteiger charge is -2.41. The summed E-state index contributed by atoms with van der Waals surface area (Å²) in [4.78, 5) is 12.3. The van der Waals surface area contributed by atoms with Gasteiger partial charge in [0.05, 0.1) is 12.0 Å². The highest BCUT2D eigenvalue weighted by Gasteiger charge is 2.45. The van der Waals surface area contributed by atoms with Crippen LogP contribution in [0.1, 0.15) is 31.7 Å². The zero-order valence-electron chi connectivity index (χ0n) is 10.1. The molecule has 0 aromatic heterocycles. The average Bonchev–Trinajstić information content (AvgIpc) is 2.28. The molecule has 2 rings (SSSR count). The number of rotatable bonds is 4. The van der Waals surface area contributed by atoms with E-state index in [1.165, 1.54) is 0 Å². The number of aliphatic hydroxyl groups is 1. The van der Waals surface area contributed by atoms with Crippen LogP contribution < -0.4 is 5.32 Å². The minimum atomic E-state index is -0.356. The molecular formula is C14H19NO2. The van der Waals surface area contributed by atoms with E-state index < -0.39 is 0 Å². The van der Waals surface area contributed by atoms with Gasteiger partial charge in [0.2, 0.25) is 5.91 Å². The predicted molar refractivity (Wildman–Crippen MR) is 66.7 cm³/mol. The number of hydrogen-bond donors (Lipinski definition) is 2. The lowest BCUT2D eigenvalue weighted by atomic mass is 9.63. The zero-order chi connectivity index (χ0) is 12.3. The molecule has 0 radical (unpaired) electrons. The molecule has 0 saturated heterocycles. The highest BCUT2D eigenvalue weighted by atomic mass is 16.3. The van der Waals surface area contributed by atoms with Crippen molar-refractivity contribution in [2.75, 3.05) is 6.61 Å². The van der Waals surface area contributed by atoms with Gasteiger partial charge in [0.25, 0.3) is 0 Å². The second-order valence-corrected chi connectivity index (χ2v) is 4.86. The topological polar surface area (TPSA) is 49.3 Å². The summed E-state index contributed by atoms with van der Waals surface area (Å²) in [7, 11) is 0. The first-order valence-corrected chi connectivity index (χ1v) is 6.16. The Bertz CT molecular complexity index is 384. The fourth-order valence-corrected chi connectivity index (χ4v) is 2.34. The van der Waals surface area contributed by atoms with Crippen LogP contribution in [0.2, 0.25) is 0 Å². The van der Waals surface area contributed by atoms with Crippen LogP contribution in [-0.2, 0) is 10.2 Å². The van der Waals surface area contributed by atoms with Crippen molar-refractivity contribution in [1.29, 1.82) is 0 Å². The maximum Gasteiger partial charge on any atom is 0.230 e. The van der Waals surface area contributed by atoms with Crippen LogP contribution in [0.25, 0.3) is 0 Å². The van der Waals surface area contributed by atoms with E-state index in [9.17, 15) is 4.79 Å². The molecule has 17 heavy (non-hydrogen) atoms. The van der Waals surface area contributed by atoms with E-state index in [1.807, 2.05) is 37.3 Å². The van der Waals surface area contributed by atoms with Gasteiger partial charge in [0, 0.05) is 6.04 Å². The fraction of sp³-hybridized carbons (Fsp3) is 0.500. The van der Waals surface area contributed by atoms with Gasteiger partial charge in [0.1, 0.15) is 0 Å². The van der Waals surface area contributed by atoms with Crippen LogP contribution in [0.15, 0.2) is 30.3 Å². The van der Waals surface area contributed by atoms with Crippen molar-refractivity contribution in [2.45, 2.75) is 37.6 Å². The SMILES string of the molecule is C[C@@H](CO)NC(=O)C1(c2ccccc2)CCC1. The number of carbonyl (C=O) groups is 1. The van der Waals surface area contributed by atoms with Crippen LogP contribution in [0.4, 0.5) is 0 Å². The lowest BCUT2D eigenvalue weighted by Crippen LogP contribution is -2.52. The van der Waals surface area contributed by atoms with Crippen LogP contribution in [0.3, 0.4) is 0 Å². The van der Waals surface area contributed by atoms with Gasteiger partial charge in [-0.05, 0) is 25.3 Å². The van der Waals surface area contributed by atoms with Gasteiger partial charge in [0.15, 0.2) is 0 Å². The van der Waals surface area contributed by atoms with E-state index in [2.05, 4.69) is 5.32 Å². The van der Waals surface area contributed by atoms with Crippen molar-refractivity contribution in [3.8, 4) is 0 Å². The first-order valence-electron chi connectivity index (χ1n) is 6.16. The highest BCUT2D eigenvalue weighted by molar-refractivity contribution is 5.89. The van der Waals surface area contributed by atoms with Gasteiger partial charge in [-0.3, -0.25) is 4.79 Å². The Morgan fingerprint density at radius 3 is 2.53 bits per heavy atom.